The molecule has 0 aliphatic heterocycles. The number of rotatable bonds is 6. The van der Waals surface area contributed by atoms with Crippen molar-refractivity contribution in [2.24, 2.45) is 7.05 Å². The second kappa shape index (κ2) is 7.65. The highest BCUT2D eigenvalue weighted by molar-refractivity contribution is 5.93. The van der Waals surface area contributed by atoms with E-state index in [2.05, 4.69) is 27.2 Å². The van der Waals surface area contributed by atoms with Crippen LogP contribution >= 0.6 is 0 Å². The first kappa shape index (κ1) is 18.7. The molecule has 0 fully saturated rings. The van der Waals surface area contributed by atoms with Crippen molar-refractivity contribution in [2.45, 2.75) is 20.8 Å². The predicted molar refractivity (Wildman–Crippen MR) is 107 cm³/mol. The zero-order chi connectivity index (χ0) is 19.6. The minimum absolute atomic E-state index is 0.118. The molecule has 1 N–H and O–H groups in total. The summed E-state index contributed by atoms with van der Waals surface area (Å²) in [6.07, 6.45) is 0. The van der Waals surface area contributed by atoms with Crippen LogP contribution in [0.15, 0.2) is 30.3 Å². The highest BCUT2D eigenvalue weighted by Gasteiger charge is 2.15. The quantitative estimate of drug-likeness (QED) is 0.725. The van der Waals surface area contributed by atoms with Crippen LogP contribution in [-0.4, -0.2) is 40.9 Å². The van der Waals surface area contributed by atoms with Crippen molar-refractivity contribution in [3.05, 3.63) is 41.6 Å². The van der Waals surface area contributed by atoms with Gasteiger partial charge in [-0.25, -0.2) is 9.67 Å². The summed E-state index contributed by atoms with van der Waals surface area (Å²) in [5.74, 6) is 0.190. The van der Waals surface area contributed by atoms with E-state index in [1.165, 1.54) is 0 Å². The van der Waals surface area contributed by atoms with Crippen molar-refractivity contribution in [1.82, 2.24) is 14.8 Å². The first-order valence-electron chi connectivity index (χ1n) is 8.93. The monoisotopic (exact) mass is 367 g/mol. The molecule has 2 aromatic heterocycles. The fraction of sp³-hybridized carbons (Fsp3) is 0.350. The standard InChI is InChI=1S/C20H25N5O2/c1-6-24(4)16-9-7-8-15(11-16)22-17(26)12-27-20-18-13(2)10-14(3)21-19(18)25(5)23-20/h7-11H,6,12H2,1-5H3,(H,22,26). The third kappa shape index (κ3) is 4.02. The number of carbonyl (C=O) groups excluding carboxylic acids is 1. The minimum Gasteiger partial charge on any atom is -0.466 e. The van der Waals surface area contributed by atoms with E-state index in [1.54, 1.807) is 4.68 Å². The molecule has 3 aromatic rings. The second-order valence-corrected chi connectivity index (χ2v) is 6.61. The molecule has 142 valence electrons. The number of hydrogen-bond donors (Lipinski definition) is 1. The lowest BCUT2D eigenvalue weighted by molar-refractivity contribution is -0.118. The molecule has 0 spiro atoms. The van der Waals surface area contributed by atoms with Gasteiger partial charge in [-0.1, -0.05) is 6.07 Å². The van der Waals surface area contributed by atoms with E-state index in [4.69, 9.17) is 4.74 Å². The highest BCUT2D eigenvalue weighted by atomic mass is 16.5. The van der Waals surface area contributed by atoms with Crippen LogP contribution < -0.4 is 15.0 Å². The maximum atomic E-state index is 12.3. The van der Waals surface area contributed by atoms with Gasteiger partial charge in [0.15, 0.2) is 12.3 Å². The van der Waals surface area contributed by atoms with E-state index in [-0.39, 0.29) is 12.5 Å². The lowest BCUT2D eigenvalue weighted by atomic mass is 10.2. The summed E-state index contributed by atoms with van der Waals surface area (Å²) in [7, 11) is 3.82. The number of amides is 1. The van der Waals surface area contributed by atoms with Gasteiger partial charge in [-0.05, 0) is 50.6 Å². The fourth-order valence-electron chi connectivity index (χ4n) is 2.98. The molecule has 2 heterocycles. The largest absolute Gasteiger partial charge is 0.466 e. The molecule has 0 saturated carbocycles. The summed E-state index contributed by atoms with van der Waals surface area (Å²) < 4.78 is 7.37. The number of carbonyl (C=O) groups is 1. The van der Waals surface area contributed by atoms with E-state index < -0.39 is 0 Å². The molecule has 1 aromatic carbocycles. The SMILES string of the molecule is CCN(C)c1cccc(NC(=O)COc2nn(C)c3nc(C)cc(C)c23)c1. The summed E-state index contributed by atoms with van der Waals surface area (Å²) in [5.41, 5.74) is 4.48. The van der Waals surface area contributed by atoms with Gasteiger partial charge in [0, 0.05) is 37.7 Å². The Kier molecular flexibility index (Phi) is 5.30. The molecule has 0 aliphatic carbocycles. The van der Waals surface area contributed by atoms with Crippen LogP contribution in [0.2, 0.25) is 0 Å². The van der Waals surface area contributed by atoms with Crippen LogP contribution in [0.5, 0.6) is 5.88 Å². The number of hydrogen-bond acceptors (Lipinski definition) is 5. The number of nitrogens with one attached hydrogen (secondary N) is 1. The molecule has 0 saturated heterocycles. The van der Waals surface area contributed by atoms with E-state index in [9.17, 15) is 4.79 Å². The number of benzene rings is 1. The van der Waals surface area contributed by atoms with Gasteiger partial charge in [0.2, 0.25) is 5.88 Å². The smallest absolute Gasteiger partial charge is 0.262 e. The number of aryl methyl sites for hydroxylation is 3. The summed E-state index contributed by atoms with van der Waals surface area (Å²) in [5, 5.41) is 8.07. The highest BCUT2D eigenvalue weighted by Crippen LogP contribution is 2.27. The van der Waals surface area contributed by atoms with Crippen molar-refractivity contribution >= 4 is 28.3 Å². The molecular weight excluding hydrogens is 342 g/mol. The van der Waals surface area contributed by atoms with Gasteiger partial charge < -0.3 is 15.0 Å². The maximum Gasteiger partial charge on any atom is 0.262 e. The van der Waals surface area contributed by atoms with Crippen LogP contribution in [0.25, 0.3) is 11.0 Å². The molecular formula is C20H25N5O2. The summed E-state index contributed by atoms with van der Waals surface area (Å²) >= 11 is 0. The van der Waals surface area contributed by atoms with Gasteiger partial charge in [-0.3, -0.25) is 4.79 Å². The third-order valence-corrected chi connectivity index (χ3v) is 4.47. The number of ether oxygens (including phenoxy) is 1. The van der Waals surface area contributed by atoms with Crippen LogP contribution in [0.1, 0.15) is 18.2 Å². The first-order chi connectivity index (χ1) is 12.9. The molecule has 7 heteroatoms. The lowest BCUT2D eigenvalue weighted by Crippen LogP contribution is -2.21. The Morgan fingerprint density at radius 3 is 2.81 bits per heavy atom. The normalized spacial score (nSPS) is 10.9. The third-order valence-electron chi connectivity index (χ3n) is 4.47. The Hall–Kier alpha value is -3.09. The molecule has 0 bridgehead atoms. The molecule has 1 amide bonds. The van der Waals surface area contributed by atoms with Crippen molar-refractivity contribution in [3.8, 4) is 5.88 Å². The average Bonchev–Trinajstić information content (AvgIpc) is 2.95. The molecule has 0 unspecified atom stereocenters. The molecule has 7 nitrogen and oxygen atoms in total. The number of anilines is 2. The van der Waals surface area contributed by atoms with Crippen LogP contribution in [0.4, 0.5) is 11.4 Å². The van der Waals surface area contributed by atoms with Crippen molar-refractivity contribution in [3.63, 3.8) is 0 Å². The van der Waals surface area contributed by atoms with E-state index in [0.29, 0.717) is 5.88 Å². The molecule has 0 radical (unpaired) electrons. The Morgan fingerprint density at radius 1 is 1.30 bits per heavy atom. The van der Waals surface area contributed by atoms with Gasteiger partial charge in [0.1, 0.15) is 0 Å². The number of aromatic nitrogens is 3. The van der Waals surface area contributed by atoms with Crippen LogP contribution in [0.3, 0.4) is 0 Å². The Balaban J connectivity index is 1.71. The van der Waals surface area contributed by atoms with E-state index in [0.717, 1.165) is 40.2 Å². The fourth-order valence-corrected chi connectivity index (χ4v) is 2.98. The van der Waals surface area contributed by atoms with Crippen LogP contribution in [-0.2, 0) is 11.8 Å². The van der Waals surface area contributed by atoms with Crippen molar-refractivity contribution in [1.29, 1.82) is 0 Å². The van der Waals surface area contributed by atoms with E-state index >= 15 is 0 Å². The average molecular weight is 367 g/mol. The number of fused-ring (bicyclic) bond motifs is 1. The molecule has 0 atom stereocenters. The topological polar surface area (TPSA) is 72.3 Å². The number of nitrogens with zero attached hydrogens (tertiary/aromatic N) is 4. The van der Waals surface area contributed by atoms with Gasteiger partial charge in [-0.15, -0.1) is 5.10 Å². The second-order valence-electron chi connectivity index (χ2n) is 6.61. The maximum absolute atomic E-state index is 12.3. The summed E-state index contributed by atoms with van der Waals surface area (Å²) in [6.45, 7) is 6.78. The number of pyridine rings is 1. The van der Waals surface area contributed by atoms with Crippen molar-refractivity contribution in [2.75, 3.05) is 30.4 Å². The Morgan fingerprint density at radius 2 is 2.07 bits per heavy atom. The lowest BCUT2D eigenvalue weighted by Gasteiger charge is -2.17. The first-order valence-corrected chi connectivity index (χ1v) is 8.93. The zero-order valence-electron chi connectivity index (χ0n) is 16.4. The predicted octanol–water partition coefficient (Wildman–Crippen LogP) is 3.06. The van der Waals surface area contributed by atoms with Crippen LogP contribution in [0, 0.1) is 13.8 Å². The summed E-state index contributed by atoms with van der Waals surface area (Å²) in [6, 6.07) is 9.70. The molecule has 0 aliphatic rings. The summed E-state index contributed by atoms with van der Waals surface area (Å²) in [4.78, 5) is 18.9. The van der Waals surface area contributed by atoms with Gasteiger partial charge in [-0.2, -0.15) is 0 Å². The van der Waals surface area contributed by atoms with Crippen molar-refractivity contribution < 1.29 is 9.53 Å². The van der Waals surface area contributed by atoms with Gasteiger partial charge >= 0.3 is 0 Å². The van der Waals surface area contributed by atoms with Gasteiger partial charge in [0.25, 0.3) is 5.91 Å². The van der Waals surface area contributed by atoms with Gasteiger partial charge in [0.05, 0.1) is 5.39 Å². The van der Waals surface area contributed by atoms with E-state index in [1.807, 2.05) is 58.3 Å². The zero-order valence-corrected chi connectivity index (χ0v) is 16.4. The minimum atomic E-state index is -0.233. The Labute approximate surface area is 159 Å². The Bertz CT molecular complexity index is 980. The molecule has 27 heavy (non-hydrogen) atoms. The molecule has 3 rings (SSSR count).